The highest BCUT2D eigenvalue weighted by molar-refractivity contribution is 5.27. The van der Waals surface area contributed by atoms with E-state index in [1.165, 1.54) is 11.1 Å². The second-order valence-electron chi connectivity index (χ2n) is 8.32. The zero-order chi connectivity index (χ0) is 17.0. The predicted octanol–water partition coefficient (Wildman–Crippen LogP) is 5.52. The Morgan fingerprint density at radius 1 is 0.682 bits per heavy atom. The molecular formula is C20H34O2. The van der Waals surface area contributed by atoms with Crippen LogP contribution < -0.4 is 0 Å². The van der Waals surface area contributed by atoms with Gasteiger partial charge in [-0.2, -0.15) is 0 Å². The highest BCUT2D eigenvalue weighted by Crippen LogP contribution is 2.23. The quantitative estimate of drug-likeness (QED) is 0.688. The van der Waals surface area contributed by atoms with Crippen molar-refractivity contribution in [1.82, 2.24) is 0 Å². The first-order valence-corrected chi connectivity index (χ1v) is 8.36. The van der Waals surface area contributed by atoms with Crippen LogP contribution in [0.15, 0.2) is 24.3 Å². The third-order valence-electron chi connectivity index (χ3n) is 3.61. The van der Waals surface area contributed by atoms with Gasteiger partial charge in [-0.15, -0.1) is 0 Å². The van der Waals surface area contributed by atoms with Crippen molar-refractivity contribution in [2.45, 2.75) is 78.4 Å². The van der Waals surface area contributed by atoms with E-state index in [9.17, 15) is 0 Å². The molecule has 2 nitrogen and oxygen atoms in total. The van der Waals surface area contributed by atoms with E-state index >= 15 is 0 Å². The van der Waals surface area contributed by atoms with Crippen molar-refractivity contribution in [3.05, 3.63) is 35.4 Å². The summed E-state index contributed by atoms with van der Waals surface area (Å²) in [5.74, 6) is 0.823. The van der Waals surface area contributed by atoms with Crippen LogP contribution in [-0.4, -0.2) is 24.4 Å². The van der Waals surface area contributed by atoms with Crippen LogP contribution in [0.3, 0.4) is 0 Å². The lowest BCUT2D eigenvalue weighted by Crippen LogP contribution is -2.22. The molecule has 126 valence electrons. The van der Waals surface area contributed by atoms with Crippen molar-refractivity contribution >= 4 is 0 Å². The number of benzene rings is 1. The van der Waals surface area contributed by atoms with Gasteiger partial charge in [-0.25, -0.2) is 0 Å². The lowest BCUT2D eigenvalue weighted by Gasteiger charge is -2.24. The molecule has 22 heavy (non-hydrogen) atoms. The average Bonchev–Trinajstić information content (AvgIpc) is 2.40. The Morgan fingerprint density at radius 2 is 0.955 bits per heavy atom. The van der Waals surface area contributed by atoms with E-state index in [2.05, 4.69) is 79.7 Å². The molecule has 0 heterocycles. The van der Waals surface area contributed by atoms with Gasteiger partial charge < -0.3 is 9.47 Å². The molecule has 0 saturated carbocycles. The molecule has 2 heteroatoms. The topological polar surface area (TPSA) is 18.5 Å². The largest absolute Gasteiger partial charge is 0.375 e. The van der Waals surface area contributed by atoms with Crippen LogP contribution >= 0.6 is 0 Å². The van der Waals surface area contributed by atoms with Gasteiger partial charge in [0.15, 0.2) is 0 Å². The Morgan fingerprint density at radius 3 is 1.18 bits per heavy atom. The van der Waals surface area contributed by atoms with Crippen molar-refractivity contribution < 1.29 is 9.47 Å². The van der Waals surface area contributed by atoms with Crippen molar-refractivity contribution in [3.63, 3.8) is 0 Å². The van der Waals surface area contributed by atoms with Crippen molar-refractivity contribution in [1.29, 1.82) is 0 Å². The molecule has 0 amide bonds. The summed E-state index contributed by atoms with van der Waals surface area (Å²) in [6.07, 6.45) is 0. The summed E-state index contributed by atoms with van der Waals surface area (Å²) < 4.78 is 11.8. The minimum absolute atomic E-state index is 0.0764. The summed E-state index contributed by atoms with van der Waals surface area (Å²) >= 11 is 0. The molecule has 0 spiro atoms. The van der Waals surface area contributed by atoms with E-state index in [4.69, 9.17) is 9.47 Å². The summed E-state index contributed by atoms with van der Waals surface area (Å²) in [5.41, 5.74) is 2.51. The van der Waals surface area contributed by atoms with Crippen molar-refractivity contribution in [2.75, 3.05) is 13.2 Å². The zero-order valence-electron chi connectivity index (χ0n) is 15.7. The fourth-order valence-corrected chi connectivity index (χ4v) is 2.10. The van der Waals surface area contributed by atoms with E-state index < -0.39 is 0 Å². The van der Waals surface area contributed by atoms with E-state index in [1.54, 1.807) is 0 Å². The number of rotatable bonds is 6. The molecule has 0 fully saturated rings. The standard InChI is InChI=1S/C20H34O2/c1-15(13-21-19(3,4)5)17-9-11-18(12-10-17)16(2)14-22-20(6,7)8/h9-12,15-16H,13-14H2,1-8H3. The first kappa shape index (κ1) is 19.2. The maximum absolute atomic E-state index is 5.88. The zero-order valence-corrected chi connectivity index (χ0v) is 15.7. The smallest absolute Gasteiger partial charge is 0.0598 e. The third-order valence-corrected chi connectivity index (χ3v) is 3.61. The SMILES string of the molecule is CC(COC(C)(C)C)c1ccc(C(C)COC(C)(C)C)cc1. The molecule has 2 atom stereocenters. The van der Waals surface area contributed by atoms with Crippen LogP contribution in [0.25, 0.3) is 0 Å². The number of ether oxygens (including phenoxy) is 2. The fourth-order valence-electron chi connectivity index (χ4n) is 2.10. The van der Waals surface area contributed by atoms with Crippen LogP contribution in [-0.2, 0) is 9.47 Å². The van der Waals surface area contributed by atoms with Gasteiger partial charge >= 0.3 is 0 Å². The molecule has 1 aromatic carbocycles. The van der Waals surface area contributed by atoms with E-state index in [0.717, 1.165) is 13.2 Å². The van der Waals surface area contributed by atoms with Crippen LogP contribution in [0.2, 0.25) is 0 Å². The first-order valence-electron chi connectivity index (χ1n) is 8.36. The van der Waals surface area contributed by atoms with Gasteiger partial charge in [-0.1, -0.05) is 38.1 Å². The maximum Gasteiger partial charge on any atom is 0.0598 e. The summed E-state index contributed by atoms with van der Waals surface area (Å²) in [5, 5.41) is 0. The third kappa shape index (κ3) is 7.42. The summed E-state index contributed by atoms with van der Waals surface area (Å²) in [4.78, 5) is 0. The molecule has 0 aromatic heterocycles. The summed E-state index contributed by atoms with van der Waals surface area (Å²) in [6.45, 7) is 18.5. The Kier molecular flexibility index (Phi) is 6.64. The van der Waals surface area contributed by atoms with Gasteiger partial charge in [-0.05, 0) is 52.7 Å². The highest BCUT2D eigenvalue weighted by atomic mass is 16.5. The van der Waals surface area contributed by atoms with Crippen molar-refractivity contribution in [3.8, 4) is 0 Å². The molecule has 0 N–H and O–H groups in total. The van der Waals surface area contributed by atoms with Gasteiger partial charge in [0.1, 0.15) is 0 Å². The molecule has 0 aliphatic heterocycles. The second-order valence-corrected chi connectivity index (χ2v) is 8.32. The van der Waals surface area contributed by atoms with Crippen LogP contribution in [0.1, 0.15) is 78.4 Å². The van der Waals surface area contributed by atoms with Crippen LogP contribution in [0, 0.1) is 0 Å². The lowest BCUT2D eigenvalue weighted by atomic mass is 9.96. The maximum atomic E-state index is 5.88. The lowest BCUT2D eigenvalue weighted by molar-refractivity contribution is -0.00951. The number of hydrogen-bond donors (Lipinski definition) is 0. The average molecular weight is 306 g/mol. The Hall–Kier alpha value is -0.860. The van der Waals surface area contributed by atoms with Gasteiger partial charge in [0.05, 0.1) is 24.4 Å². The fraction of sp³-hybridized carbons (Fsp3) is 0.700. The molecule has 1 aromatic rings. The van der Waals surface area contributed by atoms with E-state index in [0.29, 0.717) is 11.8 Å². The minimum atomic E-state index is -0.0764. The molecule has 0 radical (unpaired) electrons. The van der Waals surface area contributed by atoms with E-state index in [1.807, 2.05) is 0 Å². The summed E-state index contributed by atoms with van der Waals surface area (Å²) in [7, 11) is 0. The number of hydrogen-bond acceptors (Lipinski definition) is 2. The van der Waals surface area contributed by atoms with Gasteiger partial charge in [0, 0.05) is 11.8 Å². The van der Waals surface area contributed by atoms with Gasteiger partial charge in [0.2, 0.25) is 0 Å². The van der Waals surface area contributed by atoms with Crippen LogP contribution in [0.4, 0.5) is 0 Å². The predicted molar refractivity (Wildman–Crippen MR) is 94.7 cm³/mol. The highest BCUT2D eigenvalue weighted by Gasteiger charge is 2.16. The molecule has 0 aliphatic carbocycles. The van der Waals surface area contributed by atoms with Crippen LogP contribution in [0.5, 0.6) is 0 Å². The van der Waals surface area contributed by atoms with Crippen molar-refractivity contribution in [2.24, 2.45) is 0 Å². The van der Waals surface area contributed by atoms with Gasteiger partial charge in [0.25, 0.3) is 0 Å². The molecule has 0 aliphatic rings. The summed E-state index contributed by atoms with van der Waals surface area (Å²) in [6, 6.07) is 8.89. The van der Waals surface area contributed by atoms with Gasteiger partial charge in [-0.3, -0.25) is 0 Å². The molecule has 2 unspecified atom stereocenters. The Labute approximate surface area is 137 Å². The molecule has 1 rings (SSSR count). The minimum Gasteiger partial charge on any atom is -0.375 e. The monoisotopic (exact) mass is 306 g/mol. The first-order chi connectivity index (χ1) is 9.98. The van der Waals surface area contributed by atoms with E-state index in [-0.39, 0.29) is 11.2 Å². The second kappa shape index (κ2) is 7.61. The molecule has 0 saturated heterocycles. The molecular weight excluding hydrogens is 272 g/mol. The normalized spacial score (nSPS) is 15.6. The Bertz CT molecular complexity index is 391. The Balaban J connectivity index is 2.58. The molecule has 0 bridgehead atoms.